The molecule has 1 aliphatic rings. The van der Waals surface area contributed by atoms with Gasteiger partial charge in [0, 0.05) is 44.2 Å². The van der Waals surface area contributed by atoms with Crippen molar-refractivity contribution < 1.29 is 19.4 Å². The van der Waals surface area contributed by atoms with Crippen LogP contribution in [-0.2, 0) is 4.79 Å². The fraction of sp³-hybridized carbons (Fsp3) is 0.391. The van der Waals surface area contributed by atoms with Gasteiger partial charge in [0.15, 0.2) is 0 Å². The highest BCUT2D eigenvalue weighted by Crippen LogP contribution is 2.28. The molecule has 6 nitrogen and oxygen atoms in total. The summed E-state index contributed by atoms with van der Waals surface area (Å²) >= 11 is 0. The van der Waals surface area contributed by atoms with Crippen LogP contribution in [-0.4, -0.2) is 60.1 Å². The van der Waals surface area contributed by atoms with Gasteiger partial charge in [-0.3, -0.25) is 14.5 Å². The molecule has 3 rings (SSSR count). The number of amides is 1. The molecular weight excluding hydrogens is 368 g/mol. The van der Waals surface area contributed by atoms with Gasteiger partial charge in [-0.2, -0.15) is 0 Å². The zero-order valence-electron chi connectivity index (χ0n) is 17.0. The molecule has 2 aromatic carbocycles. The Morgan fingerprint density at radius 1 is 1.07 bits per heavy atom. The van der Waals surface area contributed by atoms with E-state index in [9.17, 15) is 9.59 Å². The molecule has 1 N–H and O–H groups in total. The number of hydrogen-bond donors (Lipinski definition) is 1. The molecule has 29 heavy (non-hydrogen) atoms. The standard InChI is InChI=1S/C23H28N2O4/c1-17-6-8-18(9-7-17)21(10-11-22(26)27)24-12-14-25(15-13-24)23(28)19-4-3-5-20(16-19)29-2/h3-9,16,21H,10-15H2,1-2H3,(H,26,27)/t21-/m1/s1. The van der Waals surface area contributed by atoms with Crippen LogP contribution in [0.3, 0.4) is 0 Å². The van der Waals surface area contributed by atoms with Crippen molar-refractivity contribution >= 4 is 11.9 Å². The summed E-state index contributed by atoms with van der Waals surface area (Å²) in [5.74, 6) is -0.113. The maximum Gasteiger partial charge on any atom is 0.303 e. The Balaban J connectivity index is 1.67. The van der Waals surface area contributed by atoms with Gasteiger partial charge in [-0.05, 0) is 37.1 Å². The van der Waals surface area contributed by atoms with E-state index in [1.807, 2.05) is 24.0 Å². The summed E-state index contributed by atoms with van der Waals surface area (Å²) in [4.78, 5) is 28.1. The van der Waals surface area contributed by atoms with Crippen LogP contribution >= 0.6 is 0 Å². The van der Waals surface area contributed by atoms with E-state index in [1.165, 1.54) is 5.56 Å². The molecule has 0 bridgehead atoms. The number of ether oxygens (including phenoxy) is 1. The van der Waals surface area contributed by atoms with E-state index in [0.717, 1.165) is 5.56 Å². The van der Waals surface area contributed by atoms with Gasteiger partial charge >= 0.3 is 5.97 Å². The number of carbonyl (C=O) groups excluding carboxylic acids is 1. The van der Waals surface area contributed by atoms with Gasteiger partial charge in [-0.1, -0.05) is 35.9 Å². The molecule has 0 radical (unpaired) electrons. The van der Waals surface area contributed by atoms with Gasteiger partial charge in [0.05, 0.1) is 7.11 Å². The summed E-state index contributed by atoms with van der Waals surface area (Å²) in [6.45, 7) is 4.71. The van der Waals surface area contributed by atoms with Gasteiger partial charge in [-0.25, -0.2) is 0 Å². The third-order valence-corrected chi connectivity index (χ3v) is 5.45. The van der Waals surface area contributed by atoms with Crippen LogP contribution in [0.15, 0.2) is 48.5 Å². The number of hydrogen-bond acceptors (Lipinski definition) is 4. The fourth-order valence-corrected chi connectivity index (χ4v) is 3.78. The summed E-state index contributed by atoms with van der Waals surface area (Å²) in [6, 6.07) is 15.5. The van der Waals surface area contributed by atoms with E-state index < -0.39 is 5.97 Å². The highest BCUT2D eigenvalue weighted by Gasteiger charge is 2.28. The molecule has 1 atom stereocenters. The average Bonchev–Trinajstić information content (AvgIpc) is 2.75. The van der Waals surface area contributed by atoms with Gasteiger partial charge < -0.3 is 14.7 Å². The first-order valence-corrected chi connectivity index (χ1v) is 9.93. The minimum Gasteiger partial charge on any atom is -0.497 e. The van der Waals surface area contributed by atoms with Crippen molar-refractivity contribution in [3.8, 4) is 5.75 Å². The number of benzene rings is 2. The van der Waals surface area contributed by atoms with Crippen LogP contribution in [0.25, 0.3) is 0 Å². The second kappa shape index (κ2) is 9.56. The highest BCUT2D eigenvalue weighted by molar-refractivity contribution is 5.94. The number of carbonyl (C=O) groups is 2. The molecule has 154 valence electrons. The number of carboxylic acids is 1. The van der Waals surface area contributed by atoms with Crippen LogP contribution in [0.1, 0.15) is 40.4 Å². The van der Waals surface area contributed by atoms with E-state index >= 15 is 0 Å². The van der Waals surface area contributed by atoms with Crippen LogP contribution in [0.4, 0.5) is 0 Å². The monoisotopic (exact) mass is 396 g/mol. The smallest absolute Gasteiger partial charge is 0.303 e. The van der Waals surface area contributed by atoms with Crippen molar-refractivity contribution in [2.75, 3.05) is 33.3 Å². The number of piperazine rings is 1. The Labute approximate surface area is 171 Å². The lowest BCUT2D eigenvalue weighted by molar-refractivity contribution is -0.137. The summed E-state index contributed by atoms with van der Waals surface area (Å²) in [7, 11) is 1.59. The Hall–Kier alpha value is -2.86. The molecule has 1 heterocycles. The number of nitrogens with zero attached hydrogens (tertiary/aromatic N) is 2. The number of carboxylic acid groups (broad SMARTS) is 1. The fourth-order valence-electron chi connectivity index (χ4n) is 3.78. The second-order valence-electron chi connectivity index (χ2n) is 7.42. The summed E-state index contributed by atoms with van der Waals surface area (Å²) in [5, 5.41) is 9.15. The topological polar surface area (TPSA) is 70.1 Å². The zero-order chi connectivity index (χ0) is 20.8. The predicted octanol–water partition coefficient (Wildman–Crippen LogP) is 3.37. The number of rotatable bonds is 7. The lowest BCUT2D eigenvalue weighted by atomic mass is 9.98. The van der Waals surface area contributed by atoms with E-state index in [0.29, 0.717) is 43.9 Å². The molecule has 6 heteroatoms. The Kier molecular flexibility index (Phi) is 6.88. The third-order valence-electron chi connectivity index (χ3n) is 5.45. The average molecular weight is 396 g/mol. The normalized spacial score (nSPS) is 15.7. The Morgan fingerprint density at radius 3 is 2.38 bits per heavy atom. The van der Waals surface area contributed by atoms with Gasteiger partial charge in [0.1, 0.15) is 5.75 Å². The quantitative estimate of drug-likeness (QED) is 0.777. The largest absolute Gasteiger partial charge is 0.497 e. The van der Waals surface area contributed by atoms with Gasteiger partial charge in [0.2, 0.25) is 0 Å². The molecule has 1 fully saturated rings. The van der Waals surface area contributed by atoms with Crippen LogP contribution in [0.2, 0.25) is 0 Å². The summed E-state index contributed by atoms with van der Waals surface area (Å²) < 4.78 is 5.22. The molecule has 0 saturated carbocycles. The van der Waals surface area contributed by atoms with Gasteiger partial charge in [-0.15, -0.1) is 0 Å². The first kappa shape index (κ1) is 20.9. The maximum absolute atomic E-state index is 12.8. The first-order valence-electron chi connectivity index (χ1n) is 9.93. The minimum atomic E-state index is -0.783. The maximum atomic E-state index is 12.8. The lowest BCUT2D eigenvalue weighted by Crippen LogP contribution is -2.49. The molecule has 0 spiro atoms. The third kappa shape index (κ3) is 5.35. The second-order valence-corrected chi connectivity index (χ2v) is 7.42. The van der Waals surface area contributed by atoms with Crippen molar-refractivity contribution in [1.29, 1.82) is 0 Å². The number of aryl methyl sites for hydroxylation is 1. The van der Waals surface area contributed by atoms with E-state index in [4.69, 9.17) is 9.84 Å². The lowest BCUT2D eigenvalue weighted by Gasteiger charge is -2.39. The van der Waals surface area contributed by atoms with Gasteiger partial charge in [0.25, 0.3) is 5.91 Å². The van der Waals surface area contributed by atoms with E-state index in [1.54, 1.807) is 19.2 Å². The SMILES string of the molecule is COc1cccc(C(=O)N2CCN([C@H](CCC(=O)O)c3ccc(C)cc3)CC2)c1. The van der Waals surface area contributed by atoms with E-state index in [2.05, 4.69) is 29.2 Å². The molecule has 0 aromatic heterocycles. The van der Waals surface area contributed by atoms with Crippen molar-refractivity contribution in [1.82, 2.24) is 9.80 Å². The molecule has 0 unspecified atom stereocenters. The van der Waals surface area contributed by atoms with Crippen molar-refractivity contribution in [2.24, 2.45) is 0 Å². The van der Waals surface area contributed by atoms with Crippen LogP contribution < -0.4 is 4.74 Å². The number of methoxy groups -OCH3 is 1. The minimum absolute atomic E-state index is 0.000900. The summed E-state index contributed by atoms with van der Waals surface area (Å²) in [6.07, 6.45) is 0.684. The zero-order valence-corrected chi connectivity index (χ0v) is 17.0. The highest BCUT2D eigenvalue weighted by atomic mass is 16.5. The van der Waals surface area contributed by atoms with Crippen LogP contribution in [0, 0.1) is 6.92 Å². The first-order chi connectivity index (χ1) is 14.0. The molecule has 1 saturated heterocycles. The molecular formula is C23H28N2O4. The van der Waals surface area contributed by atoms with Crippen molar-refractivity contribution in [3.63, 3.8) is 0 Å². The summed E-state index contributed by atoms with van der Waals surface area (Å²) in [5.41, 5.74) is 2.93. The Morgan fingerprint density at radius 2 is 1.76 bits per heavy atom. The van der Waals surface area contributed by atoms with E-state index in [-0.39, 0.29) is 18.4 Å². The Bertz CT molecular complexity index is 842. The molecule has 2 aromatic rings. The number of aliphatic carboxylic acids is 1. The molecule has 1 amide bonds. The van der Waals surface area contributed by atoms with Crippen molar-refractivity contribution in [2.45, 2.75) is 25.8 Å². The molecule has 1 aliphatic heterocycles. The van der Waals surface area contributed by atoms with Crippen molar-refractivity contribution in [3.05, 3.63) is 65.2 Å². The predicted molar refractivity (Wildman–Crippen MR) is 111 cm³/mol. The molecule has 0 aliphatic carbocycles. The van der Waals surface area contributed by atoms with Crippen LogP contribution in [0.5, 0.6) is 5.75 Å².